The molecule has 1 aliphatic heterocycles. The van der Waals surface area contributed by atoms with Crippen molar-refractivity contribution in [3.63, 3.8) is 0 Å². The van der Waals surface area contributed by atoms with Crippen LogP contribution in [0.2, 0.25) is 5.02 Å². The van der Waals surface area contributed by atoms with Gasteiger partial charge in [0.2, 0.25) is 5.95 Å². The number of carbonyl (C=O) groups excluding carboxylic acids is 1. The Balaban J connectivity index is 1.60. The summed E-state index contributed by atoms with van der Waals surface area (Å²) in [5.41, 5.74) is 2.56. The van der Waals surface area contributed by atoms with E-state index >= 15 is 0 Å². The highest BCUT2D eigenvalue weighted by atomic mass is 35.5. The zero-order valence-corrected chi connectivity index (χ0v) is 19.0. The van der Waals surface area contributed by atoms with E-state index in [9.17, 15) is 4.79 Å². The summed E-state index contributed by atoms with van der Waals surface area (Å²) in [6, 6.07) is 16.1. The number of halogens is 1. The molecule has 1 aromatic heterocycles. The summed E-state index contributed by atoms with van der Waals surface area (Å²) in [7, 11) is 0. The van der Waals surface area contributed by atoms with Crippen LogP contribution in [-0.4, -0.2) is 40.4 Å². The van der Waals surface area contributed by atoms with Gasteiger partial charge in [-0.25, -0.2) is 9.78 Å². The minimum Gasteiger partial charge on any atom is -0.444 e. The Labute approximate surface area is 188 Å². The molecule has 0 unspecified atom stereocenters. The van der Waals surface area contributed by atoms with Gasteiger partial charge in [0.05, 0.1) is 17.6 Å². The Kier molecular flexibility index (Phi) is 6.10. The smallest absolute Gasteiger partial charge is 0.407 e. The number of piperidine rings is 1. The summed E-state index contributed by atoms with van der Waals surface area (Å²) in [5.74, 6) is 0.900. The van der Waals surface area contributed by atoms with Crippen LogP contribution in [0.25, 0.3) is 11.0 Å². The molecular weight excluding hydrogens is 412 g/mol. The van der Waals surface area contributed by atoms with Crippen molar-refractivity contribution < 1.29 is 9.53 Å². The SMILES string of the molecule is CC(C)(C)OC(=O)N[C@@H]1CCCN(c2nc3ccccc3n2Cc2ccccc2Cl)C1. The molecule has 164 valence electrons. The molecule has 0 radical (unpaired) electrons. The van der Waals surface area contributed by atoms with Crippen LogP contribution in [0.15, 0.2) is 48.5 Å². The number of imidazole rings is 1. The van der Waals surface area contributed by atoms with E-state index in [1.54, 1.807) is 0 Å². The Morgan fingerprint density at radius 2 is 1.94 bits per heavy atom. The van der Waals surface area contributed by atoms with Crippen LogP contribution in [0.3, 0.4) is 0 Å². The van der Waals surface area contributed by atoms with Crippen molar-refractivity contribution in [2.45, 2.75) is 51.8 Å². The third-order valence-corrected chi connectivity index (χ3v) is 5.71. The molecule has 0 bridgehead atoms. The summed E-state index contributed by atoms with van der Waals surface area (Å²) in [5, 5.41) is 3.77. The Bertz CT molecular complexity index is 1070. The van der Waals surface area contributed by atoms with Crippen LogP contribution >= 0.6 is 11.6 Å². The lowest BCUT2D eigenvalue weighted by Crippen LogP contribution is -2.49. The fourth-order valence-electron chi connectivity index (χ4n) is 4.01. The summed E-state index contributed by atoms with van der Waals surface area (Å²) in [6.45, 7) is 7.82. The lowest BCUT2D eigenvalue weighted by atomic mass is 10.1. The summed E-state index contributed by atoms with van der Waals surface area (Å²) in [6.07, 6.45) is 1.51. The molecule has 0 saturated carbocycles. The first-order valence-electron chi connectivity index (χ1n) is 10.7. The predicted octanol–water partition coefficient (Wildman–Crippen LogP) is 5.23. The van der Waals surface area contributed by atoms with Crippen LogP contribution < -0.4 is 10.2 Å². The molecule has 1 saturated heterocycles. The second-order valence-electron chi connectivity index (χ2n) is 9.01. The fraction of sp³-hybridized carbons (Fsp3) is 0.417. The number of nitrogens with one attached hydrogen (secondary N) is 1. The van der Waals surface area contributed by atoms with E-state index in [2.05, 4.69) is 20.9 Å². The highest BCUT2D eigenvalue weighted by molar-refractivity contribution is 6.31. The van der Waals surface area contributed by atoms with E-state index in [0.29, 0.717) is 13.1 Å². The third kappa shape index (κ3) is 5.13. The van der Waals surface area contributed by atoms with Crippen molar-refractivity contribution >= 4 is 34.7 Å². The molecular formula is C24H29ClN4O2. The van der Waals surface area contributed by atoms with Crippen molar-refractivity contribution in [1.82, 2.24) is 14.9 Å². The molecule has 1 amide bonds. The summed E-state index contributed by atoms with van der Waals surface area (Å²) < 4.78 is 7.66. The van der Waals surface area contributed by atoms with Crippen LogP contribution in [0.5, 0.6) is 0 Å². The first-order valence-corrected chi connectivity index (χ1v) is 11.1. The second-order valence-corrected chi connectivity index (χ2v) is 9.42. The highest BCUT2D eigenvalue weighted by Crippen LogP contribution is 2.28. The predicted molar refractivity (Wildman–Crippen MR) is 125 cm³/mol. The number of hydrogen-bond donors (Lipinski definition) is 1. The number of aromatic nitrogens is 2. The summed E-state index contributed by atoms with van der Waals surface area (Å²) >= 11 is 6.45. The van der Waals surface area contributed by atoms with Crippen LogP contribution in [0.4, 0.5) is 10.7 Å². The largest absolute Gasteiger partial charge is 0.444 e. The highest BCUT2D eigenvalue weighted by Gasteiger charge is 2.27. The van der Waals surface area contributed by atoms with Crippen LogP contribution in [0, 0.1) is 0 Å². The first-order chi connectivity index (χ1) is 14.8. The standard InChI is InChI=1S/C24H29ClN4O2/c1-24(2,3)31-23(30)26-18-10-8-14-28(16-18)22-27-20-12-6-7-13-21(20)29(22)15-17-9-4-5-11-19(17)25/h4-7,9,11-13,18H,8,10,14-16H2,1-3H3,(H,26,30)/t18-/m1/s1. The number of anilines is 1. The number of benzene rings is 2. The molecule has 0 spiro atoms. The van der Waals surface area contributed by atoms with Crippen molar-refractivity contribution in [1.29, 1.82) is 0 Å². The minimum atomic E-state index is -0.513. The van der Waals surface area contributed by atoms with E-state index in [0.717, 1.165) is 47.0 Å². The number of rotatable bonds is 4. The number of amides is 1. The van der Waals surface area contributed by atoms with Gasteiger partial charge in [-0.05, 0) is 57.4 Å². The van der Waals surface area contributed by atoms with E-state index < -0.39 is 5.60 Å². The maximum atomic E-state index is 12.3. The van der Waals surface area contributed by atoms with Gasteiger partial charge >= 0.3 is 6.09 Å². The van der Waals surface area contributed by atoms with Crippen molar-refractivity contribution in [2.75, 3.05) is 18.0 Å². The molecule has 0 aliphatic carbocycles. The Hall–Kier alpha value is -2.73. The monoisotopic (exact) mass is 440 g/mol. The normalized spacial score (nSPS) is 17.0. The third-order valence-electron chi connectivity index (χ3n) is 5.35. The molecule has 1 fully saturated rings. The summed E-state index contributed by atoms with van der Waals surface area (Å²) in [4.78, 5) is 19.5. The fourth-order valence-corrected chi connectivity index (χ4v) is 4.20. The molecule has 31 heavy (non-hydrogen) atoms. The number of alkyl carbamates (subject to hydrolysis) is 1. The van der Waals surface area contributed by atoms with E-state index in [1.807, 2.05) is 63.2 Å². The molecule has 2 aromatic carbocycles. The van der Waals surface area contributed by atoms with E-state index in [4.69, 9.17) is 21.3 Å². The number of fused-ring (bicyclic) bond motifs is 1. The number of nitrogens with zero attached hydrogens (tertiary/aromatic N) is 3. The quantitative estimate of drug-likeness (QED) is 0.603. The van der Waals surface area contributed by atoms with Gasteiger partial charge in [0.1, 0.15) is 5.60 Å². The molecule has 3 aromatic rings. The molecule has 2 heterocycles. The first kappa shape index (κ1) is 21.5. The average molecular weight is 441 g/mol. The topological polar surface area (TPSA) is 59.4 Å². The van der Waals surface area contributed by atoms with Gasteiger partial charge in [-0.2, -0.15) is 0 Å². The van der Waals surface area contributed by atoms with Gasteiger partial charge in [0.15, 0.2) is 0 Å². The Morgan fingerprint density at radius 1 is 1.19 bits per heavy atom. The lowest BCUT2D eigenvalue weighted by Gasteiger charge is -2.34. The van der Waals surface area contributed by atoms with Gasteiger partial charge in [0, 0.05) is 24.2 Å². The van der Waals surface area contributed by atoms with Crippen molar-refractivity contribution in [3.8, 4) is 0 Å². The van der Waals surface area contributed by atoms with Gasteiger partial charge in [0.25, 0.3) is 0 Å². The zero-order valence-electron chi connectivity index (χ0n) is 18.3. The minimum absolute atomic E-state index is 0.0113. The lowest BCUT2D eigenvalue weighted by molar-refractivity contribution is 0.0500. The van der Waals surface area contributed by atoms with Gasteiger partial charge in [-0.15, -0.1) is 0 Å². The molecule has 1 atom stereocenters. The molecule has 1 N–H and O–H groups in total. The average Bonchev–Trinajstić information content (AvgIpc) is 3.07. The van der Waals surface area contributed by atoms with Gasteiger partial charge in [-0.3, -0.25) is 0 Å². The number of carbonyl (C=O) groups is 1. The number of hydrogen-bond acceptors (Lipinski definition) is 4. The molecule has 4 rings (SSSR count). The van der Waals surface area contributed by atoms with Gasteiger partial charge in [-0.1, -0.05) is 41.9 Å². The molecule has 6 nitrogen and oxygen atoms in total. The van der Waals surface area contributed by atoms with Crippen LogP contribution in [-0.2, 0) is 11.3 Å². The van der Waals surface area contributed by atoms with Gasteiger partial charge < -0.3 is 19.5 Å². The molecule has 7 heteroatoms. The second kappa shape index (κ2) is 8.79. The van der Waals surface area contributed by atoms with E-state index in [1.165, 1.54) is 0 Å². The van der Waals surface area contributed by atoms with Crippen LogP contribution in [0.1, 0.15) is 39.2 Å². The van der Waals surface area contributed by atoms with Crippen molar-refractivity contribution in [2.24, 2.45) is 0 Å². The Morgan fingerprint density at radius 3 is 2.71 bits per heavy atom. The number of ether oxygens (including phenoxy) is 1. The number of para-hydroxylation sites is 2. The molecule has 1 aliphatic rings. The van der Waals surface area contributed by atoms with E-state index in [-0.39, 0.29) is 12.1 Å². The maximum absolute atomic E-state index is 12.3. The van der Waals surface area contributed by atoms with Crippen molar-refractivity contribution in [3.05, 3.63) is 59.1 Å². The zero-order chi connectivity index (χ0) is 22.0. The maximum Gasteiger partial charge on any atom is 0.407 e.